The van der Waals surface area contributed by atoms with Crippen LogP contribution in [0.15, 0.2) is 0 Å². The summed E-state index contributed by atoms with van der Waals surface area (Å²) in [6.07, 6.45) is 0. The molecule has 0 atom stereocenters. The third kappa shape index (κ3) is 2.93. The summed E-state index contributed by atoms with van der Waals surface area (Å²) in [6.45, 7) is 0. The van der Waals surface area contributed by atoms with Crippen molar-refractivity contribution in [2.75, 3.05) is 12.8 Å². The number of rotatable bonds is 0. The fourth-order valence-corrected chi connectivity index (χ4v) is 1.43. The fourth-order valence-electron chi connectivity index (χ4n) is 0.419. The van der Waals surface area contributed by atoms with E-state index < -0.39 is 0 Å². The van der Waals surface area contributed by atoms with Crippen LogP contribution in [0.4, 0.5) is 0 Å². The minimum Gasteiger partial charge on any atom is -0.300 e. The topological polar surface area (TPSA) is 20.3 Å². The zero-order valence-corrected chi connectivity index (χ0v) is 9.89. The lowest BCUT2D eigenvalue weighted by Gasteiger charge is -2.03. The van der Waals surface area contributed by atoms with Gasteiger partial charge in [0.05, 0.1) is 5.75 Å². The Hall–Kier alpha value is 0.990. The molecule has 6 heteroatoms. The highest BCUT2D eigenvalue weighted by Crippen LogP contribution is 2.16. The molecule has 0 N–H and O–H groups in total. The first-order chi connectivity index (χ1) is 4.72. The van der Waals surface area contributed by atoms with Crippen LogP contribution in [-0.4, -0.2) is 27.9 Å². The highest BCUT2D eigenvalue weighted by molar-refractivity contribution is 14.2. The second-order valence-corrected chi connectivity index (χ2v) is 3.12. The Bertz CT molecular complexity index is 135. The van der Waals surface area contributed by atoms with Crippen molar-refractivity contribution in [2.24, 2.45) is 0 Å². The van der Waals surface area contributed by atoms with Crippen molar-refractivity contribution in [1.82, 2.24) is 4.90 Å². The molecule has 1 aliphatic heterocycles. The van der Waals surface area contributed by atoms with Crippen molar-refractivity contribution in [3.05, 3.63) is 0 Å². The fraction of sp³-hybridized carbons (Fsp3) is 0.500. The van der Waals surface area contributed by atoms with E-state index in [1.165, 1.54) is 16.7 Å². The first kappa shape index (κ1) is 11.0. The highest BCUT2D eigenvalue weighted by Gasteiger charge is 2.21. The maximum Gasteiger partial charge on any atom is 0.238 e. The summed E-state index contributed by atoms with van der Waals surface area (Å²) in [6, 6.07) is 0. The van der Waals surface area contributed by atoms with Gasteiger partial charge in [0, 0.05) is 7.05 Å². The van der Waals surface area contributed by atoms with Crippen LogP contribution in [0.3, 0.4) is 0 Å². The number of amides is 1. The van der Waals surface area contributed by atoms with Gasteiger partial charge in [-0.25, -0.2) is 0 Å². The molecule has 0 unspecified atom stereocenters. The molecule has 0 bridgehead atoms. The number of thiocarbonyl (C=S) groups is 1. The molecule has 1 rings (SSSR count). The van der Waals surface area contributed by atoms with Gasteiger partial charge in [0.2, 0.25) is 5.91 Å². The van der Waals surface area contributed by atoms with Gasteiger partial charge in [0.25, 0.3) is 0 Å². The maximum absolute atomic E-state index is 10.6. The zero-order chi connectivity index (χ0) is 8.15. The van der Waals surface area contributed by atoms with Crippen molar-refractivity contribution in [2.45, 2.75) is 0 Å². The van der Waals surface area contributed by atoms with Gasteiger partial charge in [-0.05, 0) is 21.2 Å². The third-order valence-electron chi connectivity index (χ3n) is 0.967. The molecule has 2 nitrogen and oxygen atoms in total. The summed E-state index contributed by atoms with van der Waals surface area (Å²) in [7, 11) is 5.20. The van der Waals surface area contributed by atoms with Crippen molar-refractivity contribution in [3.63, 3.8) is 0 Å². The normalized spacial score (nSPS) is 16.9. The molecule has 0 aliphatic carbocycles. The van der Waals surface area contributed by atoms with Crippen LogP contribution in [-0.2, 0) is 4.79 Å². The smallest absolute Gasteiger partial charge is 0.238 e. The second-order valence-electron chi connectivity index (χ2n) is 1.51. The molecule has 1 amide bonds. The van der Waals surface area contributed by atoms with Gasteiger partial charge in [-0.3, -0.25) is 4.79 Å². The van der Waals surface area contributed by atoms with Crippen LogP contribution >= 0.6 is 55.0 Å². The lowest BCUT2D eigenvalue weighted by Crippen LogP contribution is -2.22. The summed E-state index contributed by atoms with van der Waals surface area (Å²) < 4.78 is 0.690. The van der Waals surface area contributed by atoms with Gasteiger partial charge < -0.3 is 4.90 Å². The van der Waals surface area contributed by atoms with E-state index in [1.807, 2.05) is 21.2 Å². The van der Waals surface area contributed by atoms with Crippen LogP contribution in [0.25, 0.3) is 0 Å². The van der Waals surface area contributed by atoms with E-state index in [-0.39, 0.29) is 5.91 Å². The second kappa shape index (κ2) is 5.62. The van der Waals surface area contributed by atoms with Gasteiger partial charge >= 0.3 is 0 Å². The van der Waals surface area contributed by atoms with E-state index in [0.29, 0.717) is 10.1 Å². The number of halogens is 1. The molecule has 0 aromatic heterocycles. The standard InChI is InChI=1S/C4H5NOS2.HIS/c1-5-3(6)2-8-4(5)7;1-2/h2H2,1H3;2H. The molecule has 1 fully saturated rings. The van der Waals surface area contributed by atoms with E-state index >= 15 is 0 Å². The van der Waals surface area contributed by atoms with Crippen LogP contribution in [0.2, 0.25) is 0 Å². The van der Waals surface area contributed by atoms with E-state index in [1.54, 1.807) is 7.05 Å². The summed E-state index contributed by atoms with van der Waals surface area (Å²) in [5.41, 5.74) is 0. The molecule has 58 valence electrons. The van der Waals surface area contributed by atoms with Crippen LogP contribution in [0, 0.1) is 0 Å². The molecular weight excluding hydrogens is 301 g/mol. The van der Waals surface area contributed by atoms with E-state index in [4.69, 9.17) is 12.2 Å². The number of thioether (sulfide) groups is 1. The Morgan fingerprint density at radius 2 is 2.30 bits per heavy atom. The van der Waals surface area contributed by atoms with Crippen molar-refractivity contribution >= 4 is 65.2 Å². The molecule has 1 aliphatic rings. The Labute approximate surface area is 87.1 Å². The van der Waals surface area contributed by atoms with Gasteiger partial charge in [0.1, 0.15) is 4.32 Å². The van der Waals surface area contributed by atoms with Crippen LogP contribution in [0.5, 0.6) is 0 Å². The Morgan fingerprint density at radius 3 is 2.40 bits per heavy atom. The molecule has 0 aromatic carbocycles. The highest BCUT2D eigenvalue weighted by atomic mass is 127. The van der Waals surface area contributed by atoms with E-state index in [2.05, 4.69) is 9.80 Å². The lowest BCUT2D eigenvalue weighted by molar-refractivity contribution is -0.123. The van der Waals surface area contributed by atoms with Gasteiger partial charge in [-0.15, -0.1) is 9.80 Å². The lowest BCUT2D eigenvalue weighted by atomic mass is 10.6. The predicted molar refractivity (Wildman–Crippen MR) is 60.8 cm³/mol. The van der Waals surface area contributed by atoms with Gasteiger partial charge in [-0.2, -0.15) is 0 Å². The number of thiol groups is 1. The Balaban J connectivity index is 0.000000371. The van der Waals surface area contributed by atoms with Crippen molar-refractivity contribution < 1.29 is 4.79 Å². The maximum atomic E-state index is 10.6. The van der Waals surface area contributed by atoms with E-state index in [9.17, 15) is 4.79 Å². The average Bonchev–Trinajstić information content (AvgIpc) is 2.25. The van der Waals surface area contributed by atoms with Crippen molar-refractivity contribution in [3.8, 4) is 0 Å². The van der Waals surface area contributed by atoms with Crippen LogP contribution in [0.1, 0.15) is 0 Å². The Kier molecular flexibility index (Phi) is 6.17. The van der Waals surface area contributed by atoms with Gasteiger partial charge in [-0.1, -0.05) is 24.0 Å². The molecule has 1 saturated heterocycles. The number of hydrogen-bond acceptors (Lipinski definition) is 4. The average molecular weight is 307 g/mol. The SMILES string of the molecule is CN1C(=O)CSC1=S.SI. The molecule has 1 heterocycles. The third-order valence-corrected chi connectivity index (χ3v) is 2.51. The molecule has 0 spiro atoms. The minimum atomic E-state index is 0.111. The molecular formula is C4H6INOS3. The first-order valence-corrected chi connectivity index (χ1v) is 6.94. The Morgan fingerprint density at radius 1 is 1.80 bits per heavy atom. The summed E-state index contributed by atoms with van der Waals surface area (Å²) in [5.74, 6) is 0.634. The summed E-state index contributed by atoms with van der Waals surface area (Å²) >= 11 is 8.05. The monoisotopic (exact) mass is 307 g/mol. The predicted octanol–water partition coefficient (Wildman–Crippen LogP) is 1.74. The van der Waals surface area contributed by atoms with E-state index in [0.717, 1.165) is 0 Å². The quantitative estimate of drug-likeness (QED) is 0.418. The van der Waals surface area contributed by atoms with Crippen LogP contribution < -0.4 is 0 Å². The zero-order valence-electron chi connectivity index (χ0n) is 5.20. The number of carbonyl (C=O) groups is 1. The molecule has 0 aromatic rings. The van der Waals surface area contributed by atoms with Gasteiger partial charge in [0.15, 0.2) is 0 Å². The minimum absolute atomic E-state index is 0.111. The largest absolute Gasteiger partial charge is 0.300 e. The number of carbonyl (C=O) groups excluding carboxylic acids is 1. The molecule has 10 heavy (non-hydrogen) atoms. The summed E-state index contributed by atoms with van der Waals surface area (Å²) in [5, 5.41) is 0. The number of hydrogen-bond donors (Lipinski definition) is 1. The van der Waals surface area contributed by atoms with Crippen molar-refractivity contribution in [1.29, 1.82) is 0 Å². The number of nitrogens with zero attached hydrogens (tertiary/aromatic N) is 1. The first-order valence-electron chi connectivity index (χ1n) is 2.32. The molecule has 0 radical (unpaired) electrons. The molecule has 0 saturated carbocycles. The summed E-state index contributed by atoms with van der Waals surface area (Å²) in [4.78, 5) is 12.1.